The summed E-state index contributed by atoms with van der Waals surface area (Å²) in [7, 11) is 3.29. The Morgan fingerprint density at radius 2 is 2.14 bits per heavy atom. The fourth-order valence-corrected chi connectivity index (χ4v) is 1.34. The minimum absolute atomic E-state index is 0.0528. The van der Waals surface area contributed by atoms with Crippen molar-refractivity contribution >= 4 is 0 Å². The van der Waals surface area contributed by atoms with Gasteiger partial charge in [-0.05, 0) is 11.1 Å². The van der Waals surface area contributed by atoms with Crippen molar-refractivity contribution in [3.8, 4) is 0 Å². The molecule has 0 aliphatic carbocycles. The maximum Gasteiger partial charge on any atom is 0.105 e. The number of rotatable bonds is 5. The Morgan fingerprint density at radius 3 is 2.71 bits per heavy atom. The summed E-state index contributed by atoms with van der Waals surface area (Å²) in [6, 6.07) is 7.67. The molecule has 3 heteroatoms. The Labute approximate surface area is 84.3 Å². The predicted octanol–water partition coefficient (Wildman–Crippen LogP) is 1.51. The molecule has 0 aliphatic heterocycles. The minimum Gasteiger partial charge on any atom is -0.392 e. The normalized spacial score (nSPS) is 12.8. The van der Waals surface area contributed by atoms with Crippen LogP contribution in [0.5, 0.6) is 0 Å². The van der Waals surface area contributed by atoms with E-state index in [-0.39, 0.29) is 12.7 Å². The van der Waals surface area contributed by atoms with Gasteiger partial charge in [0, 0.05) is 14.2 Å². The maximum absolute atomic E-state index is 8.97. The van der Waals surface area contributed by atoms with Crippen molar-refractivity contribution in [3.05, 3.63) is 35.4 Å². The van der Waals surface area contributed by atoms with E-state index in [1.54, 1.807) is 14.2 Å². The van der Waals surface area contributed by atoms with Crippen LogP contribution in [0, 0.1) is 0 Å². The molecule has 1 rings (SSSR count). The van der Waals surface area contributed by atoms with Crippen LogP contribution in [-0.2, 0) is 16.1 Å². The summed E-state index contributed by atoms with van der Waals surface area (Å²) < 4.78 is 10.3. The van der Waals surface area contributed by atoms with Crippen LogP contribution in [0.1, 0.15) is 17.2 Å². The van der Waals surface area contributed by atoms with E-state index < -0.39 is 0 Å². The number of aliphatic hydroxyl groups is 1. The van der Waals surface area contributed by atoms with Crippen LogP contribution in [0.4, 0.5) is 0 Å². The molecule has 1 N–H and O–H groups in total. The number of hydrogen-bond donors (Lipinski definition) is 1. The van der Waals surface area contributed by atoms with Gasteiger partial charge in [0.1, 0.15) is 6.10 Å². The molecule has 0 fully saturated rings. The standard InChI is InChI=1S/C11H16O3/c1-13-8-11(14-2)10-5-3-4-9(6-10)7-12/h3-6,11-12H,7-8H2,1-2H3. The van der Waals surface area contributed by atoms with E-state index >= 15 is 0 Å². The van der Waals surface area contributed by atoms with Gasteiger partial charge >= 0.3 is 0 Å². The van der Waals surface area contributed by atoms with Crippen molar-refractivity contribution in [2.45, 2.75) is 12.7 Å². The summed E-state index contributed by atoms with van der Waals surface area (Å²) in [5.74, 6) is 0. The molecule has 0 aliphatic rings. The van der Waals surface area contributed by atoms with Gasteiger partial charge in [0.15, 0.2) is 0 Å². The topological polar surface area (TPSA) is 38.7 Å². The Balaban J connectivity index is 2.80. The first-order chi connectivity index (χ1) is 6.81. The van der Waals surface area contributed by atoms with E-state index in [0.717, 1.165) is 11.1 Å². The SMILES string of the molecule is COCC(OC)c1cccc(CO)c1. The number of benzene rings is 1. The van der Waals surface area contributed by atoms with Crippen molar-refractivity contribution < 1.29 is 14.6 Å². The van der Waals surface area contributed by atoms with E-state index in [1.165, 1.54) is 0 Å². The molecule has 0 saturated carbocycles. The second-order valence-corrected chi connectivity index (χ2v) is 3.08. The highest BCUT2D eigenvalue weighted by Crippen LogP contribution is 2.18. The van der Waals surface area contributed by atoms with E-state index in [4.69, 9.17) is 14.6 Å². The quantitative estimate of drug-likeness (QED) is 0.775. The maximum atomic E-state index is 8.97. The Kier molecular flexibility index (Phi) is 4.59. The van der Waals surface area contributed by atoms with Gasteiger partial charge in [0.25, 0.3) is 0 Å². The minimum atomic E-state index is -0.0634. The first-order valence-corrected chi connectivity index (χ1v) is 4.53. The van der Waals surface area contributed by atoms with Crippen LogP contribution >= 0.6 is 0 Å². The zero-order valence-electron chi connectivity index (χ0n) is 8.56. The van der Waals surface area contributed by atoms with E-state index in [2.05, 4.69) is 0 Å². The highest BCUT2D eigenvalue weighted by molar-refractivity contribution is 5.24. The lowest BCUT2D eigenvalue weighted by molar-refractivity contribution is 0.0274. The van der Waals surface area contributed by atoms with Gasteiger partial charge in [-0.2, -0.15) is 0 Å². The number of aliphatic hydroxyl groups excluding tert-OH is 1. The molecular weight excluding hydrogens is 180 g/mol. The molecule has 1 unspecified atom stereocenters. The molecule has 0 saturated heterocycles. The molecule has 1 aromatic rings. The van der Waals surface area contributed by atoms with Crippen molar-refractivity contribution in [1.82, 2.24) is 0 Å². The average molecular weight is 196 g/mol. The van der Waals surface area contributed by atoms with Gasteiger partial charge in [0.05, 0.1) is 13.2 Å². The van der Waals surface area contributed by atoms with Crippen LogP contribution in [0.3, 0.4) is 0 Å². The van der Waals surface area contributed by atoms with Gasteiger partial charge < -0.3 is 14.6 Å². The number of ether oxygens (including phenoxy) is 2. The number of methoxy groups -OCH3 is 2. The van der Waals surface area contributed by atoms with Crippen LogP contribution in [0.25, 0.3) is 0 Å². The van der Waals surface area contributed by atoms with Gasteiger partial charge in [-0.25, -0.2) is 0 Å². The van der Waals surface area contributed by atoms with E-state index in [1.807, 2.05) is 24.3 Å². The molecule has 0 spiro atoms. The zero-order chi connectivity index (χ0) is 10.4. The summed E-state index contributed by atoms with van der Waals surface area (Å²) in [6.07, 6.45) is -0.0634. The average Bonchev–Trinajstić information content (AvgIpc) is 2.26. The smallest absolute Gasteiger partial charge is 0.105 e. The molecule has 1 aromatic carbocycles. The molecule has 78 valence electrons. The van der Waals surface area contributed by atoms with Gasteiger partial charge in [-0.1, -0.05) is 24.3 Å². The first kappa shape index (κ1) is 11.2. The van der Waals surface area contributed by atoms with Crippen LogP contribution in [0.15, 0.2) is 24.3 Å². The summed E-state index contributed by atoms with van der Waals surface area (Å²) >= 11 is 0. The first-order valence-electron chi connectivity index (χ1n) is 4.53. The van der Waals surface area contributed by atoms with Crippen LogP contribution < -0.4 is 0 Å². The molecular formula is C11H16O3. The molecule has 3 nitrogen and oxygen atoms in total. The third-order valence-corrected chi connectivity index (χ3v) is 2.11. The summed E-state index contributed by atoms with van der Waals surface area (Å²) in [5.41, 5.74) is 1.92. The fourth-order valence-electron chi connectivity index (χ4n) is 1.34. The van der Waals surface area contributed by atoms with Crippen LogP contribution in [-0.4, -0.2) is 25.9 Å². The van der Waals surface area contributed by atoms with Gasteiger partial charge in [-0.15, -0.1) is 0 Å². The predicted molar refractivity (Wildman–Crippen MR) is 54.0 cm³/mol. The molecule has 0 amide bonds. The molecule has 14 heavy (non-hydrogen) atoms. The lowest BCUT2D eigenvalue weighted by Gasteiger charge is -2.15. The number of hydrogen-bond acceptors (Lipinski definition) is 3. The van der Waals surface area contributed by atoms with Crippen molar-refractivity contribution in [2.24, 2.45) is 0 Å². The van der Waals surface area contributed by atoms with Crippen LogP contribution in [0.2, 0.25) is 0 Å². The monoisotopic (exact) mass is 196 g/mol. The fraction of sp³-hybridized carbons (Fsp3) is 0.455. The summed E-state index contributed by atoms with van der Waals surface area (Å²) in [6.45, 7) is 0.572. The lowest BCUT2D eigenvalue weighted by atomic mass is 10.1. The Morgan fingerprint density at radius 1 is 1.36 bits per heavy atom. The van der Waals surface area contributed by atoms with Crippen molar-refractivity contribution in [2.75, 3.05) is 20.8 Å². The molecule has 1 atom stereocenters. The molecule has 0 aromatic heterocycles. The van der Waals surface area contributed by atoms with Crippen molar-refractivity contribution in [1.29, 1.82) is 0 Å². The second-order valence-electron chi connectivity index (χ2n) is 3.08. The molecule has 0 radical (unpaired) electrons. The largest absolute Gasteiger partial charge is 0.392 e. The van der Waals surface area contributed by atoms with Gasteiger partial charge in [0.2, 0.25) is 0 Å². The third kappa shape index (κ3) is 2.80. The molecule has 0 bridgehead atoms. The highest BCUT2D eigenvalue weighted by atomic mass is 16.5. The highest BCUT2D eigenvalue weighted by Gasteiger charge is 2.09. The Bertz CT molecular complexity index is 273. The van der Waals surface area contributed by atoms with Gasteiger partial charge in [-0.3, -0.25) is 0 Å². The summed E-state index contributed by atoms with van der Waals surface area (Å²) in [5, 5.41) is 8.97. The summed E-state index contributed by atoms with van der Waals surface area (Å²) in [4.78, 5) is 0. The molecule has 0 heterocycles. The van der Waals surface area contributed by atoms with E-state index in [9.17, 15) is 0 Å². The second kappa shape index (κ2) is 5.75. The zero-order valence-corrected chi connectivity index (χ0v) is 8.56. The van der Waals surface area contributed by atoms with E-state index in [0.29, 0.717) is 6.61 Å². The van der Waals surface area contributed by atoms with Crippen molar-refractivity contribution in [3.63, 3.8) is 0 Å². The Hall–Kier alpha value is -0.900. The third-order valence-electron chi connectivity index (χ3n) is 2.11. The lowest BCUT2D eigenvalue weighted by Crippen LogP contribution is -2.08.